The van der Waals surface area contributed by atoms with E-state index in [1.807, 2.05) is 47.3 Å². The van der Waals surface area contributed by atoms with Crippen LogP contribution in [0.5, 0.6) is 0 Å². The van der Waals surface area contributed by atoms with Crippen molar-refractivity contribution in [1.82, 2.24) is 9.78 Å². The molecule has 1 aliphatic rings. The standard InChI is InChI=1S/C24H21BrN2O2/c1-29-23(28)22-21(25)17-27(26-22)24(18-11-5-2-6-12-18,19-13-7-3-8-14-19)20-15-9-4-10-16-20/h2-15,17,20H,16H2,1H3. The molecule has 1 aliphatic carbocycles. The fourth-order valence-electron chi connectivity index (χ4n) is 4.07. The van der Waals surface area contributed by atoms with Gasteiger partial charge in [0.15, 0.2) is 5.69 Å². The van der Waals surface area contributed by atoms with Gasteiger partial charge in [-0.1, -0.05) is 85.0 Å². The van der Waals surface area contributed by atoms with E-state index in [9.17, 15) is 4.79 Å². The van der Waals surface area contributed by atoms with Crippen LogP contribution in [-0.4, -0.2) is 22.9 Å². The summed E-state index contributed by atoms with van der Waals surface area (Å²) < 4.78 is 7.44. The van der Waals surface area contributed by atoms with Crippen molar-refractivity contribution >= 4 is 21.9 Å². The molecule has 1 heterocycles. The van der Waals surface area contributed by atoms with Gasteiger partial charge < -0.3 is 4.74 Å². The summed E-state index contributed by atoms with van der Waals surface area (Å²) >= 11 is 3.50. The van der Waals surface area contributed by atoms with Crippen molar-refractivity contribution in [1.29, 1.82) is 0 Å². The third-order valence-corrected chi connectivity index (χ3v) is 5.94. The Morgan fingerprint density at radius 2 is 1.69 bits per heavy atom. The van der Waals surface area contributed by atoms with Crippen LogP contribution in [0.4, 0.5) is 0 Å². The normalized spacial score (nSPS) is 16.0. The molecule has 2 aromatic carbocycles. The van der Waals surface area contributed by atoms with Crippen molar-refractivity contribution in [3.8, 4) is 0 Å². The largest absolute Gasteiger partial charge is 0.464 e. The molecular formula is C24H21BrN2O2. The lowest BCUT2D eigenvalue weighted by Gasteiger charge is -2.41. The van der Waals surface area contributed by atoms with Crippen LogP contribution in [0, 0.1) is 5.92 Å². The zero-order valence-electron chi connectivity index (χ0n) is 16.0. The van der Waals surface area contributed by atoms with Gasteiger partial charge in [-0.15, -0.1) is 0 Å². The van der Waals surface area contributed by atoms with E-state index in [1.54, 1.807) is 0 Å². The number of carbonyl (C=O) groups excluding carboxylic acids is 1. The Morgan fingerprint density at radius 1 is 1.07 bits per heavy atom. The molecule has 0 N–H and O–H groups in total. The fourth-order valence-corrected chi connectivity index (χ4v) is 4.51. The molecule has 0 saturated carbocycles. The number of methoxy groups -OCH3 is 1. The van der Waals surface area contributed by atoms with Crippen molar-refractivity contribution in [2.24, 2.45) is 5.92 Å². The zero-order valence-corrected chi connectivity index (χ0v) is 17.6. The van der Waals surface area contributed by atoms with Crippen LogP contribution in [0.1, 0.15) is 28.0 Å². The molecule has 0 radical (unpaired) electrons. The van der Waals surface area contributed by atoms with E-state index >= 15 is 0 Å². The average molecular weight is 449 g/mol. The summed E-state index contributed by atoms with van der Waals surface area (Å²) in [5.41, 5.74) is 1.84. The minimum Gasteiger partial charge on any atom is -0.464 e. The van der Waals surface area contributed by atoms with Crippen molar-refractivity contribution in [3.05, 3.63) is 112 Å². The summed E-state index contributed by atoms with van der Waals surface area (Å²) in [5.74, 6) is -0.362. The Kier molecular flexibility index (Phi) is 5.49. The first-order valence-corrected chi connectivity index (χ1v) is 10.3. The number of hydrogen-bond acceptors (Lipinski definition) is 3. The minimum atomic E-state index is -0.626. The highest BCUT2D eigenvalue weighted by molar-refractivity contribution is 9.10. The highest BCUT2D eigenvalue weighted by Gasteiger charge is 2.44. The first-order chi connectivity index (χ1) is 14.2. The van der Waals surface area contributed by atoms with Crippen LogP contribution in [0.15, 0.2) is 95.6 Å². The van der Waals surface area contributed by atoms with E-state index in [4.69, 9.17) is 9.84 Å². The molecule has 1 atom stereocenters. The van der Waals surface area contributed by atoms with Crippen LogP contribution >= 0.6 is 15.9 Å². The Labute approximate surface area is 178 Å². The van der Waals surface area contributed by atoms with Gasteiger partial charge >= 0.3 is 5.97 Å². The van der Waals surface area contributed by atoms with E-state index in [0.29, 0.717) is 4.47 Å². The second-order valence-electron chi connectivity index (χ2n) is 6.92. The number of hydrogen-bond donors (Lipinski definition) is 0. The number of ether oxygens (including phenoxy) is 1. The third-order valence-electron chi connectivity index (χ3n) is 5.35. The van der Waals surface area contributed by atoms with Gasteiger partial charge in [-0.3, -0.25) is 4.68 Å². The maximum Gasteiger partial charge on any atom is 0.359 e. The lowest BCUT2D eigenvalue weighted by Crippen LogP contribution is -2.43. The fraction of sp³-hybridized carbons (Fsp3) is 0.167. The number of rotatable bonds is 5. The predicted octanol–water partition coefficient (Wildman–Crippen LogP) is 5.36. The van der Waals surface area contributed by atoms with Crippen molar-refractivity contribution < 1.29 is 9.53 Å². The first kappa shape index (κ1) is 19.4. The van der Waals surface area contributed by atoms with Gasteiger partial charge in [-0.2, -0.15) is 5.10 Å². The van der Waals surface area contributed by atoms with E-state index in [0.717, 1.165) is 17.5 Å². The Hall–Kier alpha value is -2.92. The molecule has 1 unspecified atom stereocenters. The maximum atomic E-state index is 12.3. The molecule has 4 nitrogen and oxygen atoms in total. The molecule has 0 saturated heterocycles. The van der Waals surface area contributed by atoms with Crippen LogP contribution < -0.4 is 0 Å². The number of carbonyl (C=O) groups is 1. The van der Waals surface area contributed by atoms with Crippen molar-refractivity contribution in [3.63, 3.8) is 0 Å². The molecule has 0 aliphatic heterocycles. The second-order valence-corrected chi connectivity index (χ2v) is 7.77. The minimum absolute atomic E-state index is 0.106. The highest BCUT2D eigenvalue weighted by atomic mass is 79.9. The zero-order chi connectivity index (χ0) is 20.3. The molecule has 146 valence electrons. The summed E-state index contributed by atoms with van der Waals surface area (Å²) in [6, 6.07) is 20.6. The van der Waals surface area contributed by atoms with Gasteiger partial charge in [0.25, 0.3) is 0 Å². The second kappa shape index (κ2) is 8.21. The maximum absolute atomic E-state index is 12.3. The summed E-state index contributed by atoms with van der Waals surface area (Å²) in [7, 11) is 1.37. The molecule has 29 heavy (non-hydrogen) atoms. The van der Waals surface area contributed by atoms with E-state index in [-0.39, 0.29) is 11.6 Å². The Bertz CT molecular complexity index is 1020. The molecule has 0 fully saturated rings. The molecular weight excluding hydrogens is 428 g/mol. The summed E-state index contributed by atoms with van der Waals surface area (Å²) in [4.78, 5) is 12.3. The predicted molar refractivity (Wildman–Crippen MR) is 117 cm³/mol. The monoisotopic (exact) mass is 448 g/mol. The van der Waals surface area contributed by atoms with Gasteiger partial charge in [-0.05, 0) is 33.5 Å². The van der Waals surface area contributed by atoms with Gasteiger partial charge in [0.05, 0.1) is 11.6 Å². The molecule has 1 aromatic heterocycles. The molecule has 4 rings (SSSR count). The lowest BCUT2D eigenvalue weighted by molar-refractivity contribution is 0.0591. The van der Waals surface area contributed by atoms with E-state index < -0.39 is 11.5 Å². The van der Waals surface area contributed by atoms with Gasteiger partial charge in [0.1, 0.15) is 5.54 Å². The summed E-state index contributed by atoms with van der Waals surface area (Å²) in [6.07, 6.45) is 11.3. The van der Waals surface area contributed by atoms with Gasteiger partial charge in [0.2, 0.25) is 0 Å². The van der Waals surface area contributed by atoms with E-state index in [2.05, 4.69) is 64.5 Å². The SMILES string of the molecule is COC(=O)c1nn(C(c2ccccc2)(c2ccccc2)C2C=CC=CC2)cc1Br. The number of esters is 1. The van der Waals surface area contributed by atoms with Gasteiger partial charge in [-0.25, -0.2) is 4.79 Å². The number of nitrogens with zero attached hydrogens (tertiary/aromatic N) is 2. The number of halogens is 1. The quantitative estimate of drug-likeness (QED) is 0.493. The third kappa shape index (κ3) is 3.36. The lowest BCUT2D eigenvalue weighted by atomic mass is 9.70. The Morgan fingerprint density at radius 3 is 2.21 bits per heavy atom. The van der Waals surface area contributed by atoms with Gasteiger partial charge in [0, 0.05) is 12.1 Å². The molecule has 5 heteroatoms. The van der Waals surface area contributed by atoms with Crippen LogP contribution in [-0.2, 0) is 10.3 Å². The topological polar surface area (TPSA) is 44.1 Å². The van der Waals surface area contributed by atoms with E-state index in [1.165, 1.54) is 7.11 Å². The first-order valence-electron chi connectivity index (χ1n) is 9.46. The molecule has 0 bridgehead atoms. The highest BCUT2D eigenvalue weighted by Crippen LogP contribution is 2.44. The number of allylic oxidation sites excluding steroid dienone is 4. The van der Waals surface area contributed by atoms with Crippen LogP contribution in [0.2, 0.25) is 0 Å². The van der Waals surface area contributed by atoms with Crippen molar-refractivity contribution in [2.45, 2.75) is 12.0 Å². The van der Waals surface area contributed by atoms with Crippen LogP contribution in [0.25, 0.3) is 0 Å². The number of benzene rings is 2. The Balaban J connectivity index is 2.04. The average Bonchev–Trinajstić information content (AvgIpc) is 3.18. The molecule has 3 aromatic rings. The summed E-state index contributed by atoms with van der Waals surface area (Å²) in [6.45, 7) is 0. The number of aromatic nitrogens is 2. The summed E-state index contributed by atoms with van der Waals surface area (Å²) in [5, 5.41) is 4.72. The van der Waals surface area contributed by atoms with Crippen LogP contribution in [0.3, 0.4) is 0 Å². The smallest absolute Gasteiger partial charge is 0.359 e. The molecule has 0 amide bonds. The molecule has 0 spiro atoms. The van der Waals surface area contributed by atoms with Crippen molar-refractivity contribution in [2.75, 3.05) is 7.11 Å².